The summed E-state index contributed by atoms with van der Waals surface area (Å²) in [6, 6.07) is 7.74. The number of alkyl halides is 1. The van der Waals surface area contributed by atoms with Gasteiger partial charge in [-0.05, 0) is 37.0 Å². The lowest BCUT2D eigenvalue weighted by atomic mass is 10.1. The number of carbonyl (C=O) groups is 1. The summed E-state index contributed by atoms with van der Waals surface area (Å²) in [5.41, 5.74) is 1.68. The molecule has 1 fully saturated rings. The van der Waals surface area contributed by atoms with Gasteiger partial charge in [-0.3, -0.25) is 4.79 Å². The molecule has 1 atom stereocenters. The van der Waals surface area contributed by atoms with Crippen molar-refractivity contribution in [2.45, 2.75) is 38.1 Å². The average Bonchev–Trinajstić information content (AvgIpc) is 3.12. The van der Waals surface area contributed by atoms with Crippen LogP contribution in [0.3, 0.4) is 0 Å². The highest BCUT2D eigenvalue weighted by Gasteiger charge is 2.24. The molecule has 1 unspecified atom stereocenters. The summed E-state index contributed by atoms with van der Waals surface area (Å²) in [6.45, 7) is 2.07. The third-order valence-corrected chi connectivity index (χ3v) is 3.41. The zero-order chi connectivity index (χ0) is 12.3. The van der Waals surface area contributed by atoms with Crippen LogP contribution < -0.4 is 5.32 Å². The van der Waals surface area contributed by atoms with Crippen LogP contribution in [0, 0.1) is 5.92 Å². The molecular formula is C14H18ClNO. The first-order valence-electron chi connectivity index (χ1n) is 6.15. The first-order valence-corrected chi connectivity index (χ1v) is 6.68. The van der Waals surface area contributed by atoms with Crippen LogP contribution in [0.1, 0.15) is 42.1 Å². The summed E-state index contributed by atoms with van der Waals surface area (Å²) in [5, 5.41) is 3.04. The molecule has 1 aliphatic rings. The fourth-order valence-corrected chi connectivity index (χ4v) is 2.18. The van der Waals surface area contributed by atoms with Crippen LogP contribution in [0.15, 0.2) is 24.3 Å². The lowest BCUT2D eigenvalue weighted by Crippen LogP contribution is -2.32. The van der Waals surface area contributed by atoms with Gasteiger partial charge in [0.05, 0.1) is 0 Å². The third-order valence-electron chi connectivity index (χ3n) is 3.10. The number of rotatable bonds is 5. The minimum atomic E-state index is 0.00474. The van der Waals surface area contributed by atoms with Gasteiger partial charge in [0.2, 0.25) is 0 Å². The zero-order valence-electron chi connectivity index (χ0n) is 10.1. The van der Waals surface area contributed by atoms with Crippen molar-refractivity contribution in [3.63, 3.8) is 0 Å². The Bertz CT molecular complexity index is 401. The number of benzene rings is 1. The van der Waals surface area contributed by atoms with E-state index in [9.17, 15) is 4.79 Å². The van der Waals surface area contributed by atoms with Gasteiger partial charge in [0.25, 0.3) is 5.91 Å². The Morgan fingerprint density at radius 1 is 1.53 bits per heavy atom. The van der Waals surface area contributed by atoms with Gasteiger partial charge in [-0.2, -0.15) is 0 Å². The first-order chi connectivity index (χ1) is 8.19. The van der Waals surface area contributed by atoms with Gasteiger partial charge < -0.3 is 5.32 Å². The van der Waals surface area contributed by atoms with Crippen molar-refractivity contribution in [2.24, 2.45) is 5.92 Å². The van der Waals surface area contributed by atoms with Crippen molar-refractivity contribution in [3.05, 3.63) is 35.4 Å². The van der Waals surface area contributed by atoms with Crippen LogP contribution in [0.2, 0.25) is 0 Å². The summed E-state index contributed by atoms with van der Waals surface area (Å²) in [4.78, 5) is 12.0. The molecule has 1 saturated carbocycles. The van der Waals surface area contributed by atoms with Crippen molar-refractivity contribution < 1.29 is 4.79 Å². The van der Waals surface area contributed by atoms with Gasteiger partial charge in [0.15, 0.2) is 0 Å². The van der Waals surface area contributed by atoms with E-state index in [1.807, 2.05) is 24.3 Å². The highest BCUT2D eigenvalue weighted by molar-refractivity contribution is 6.17. The van der Waals surface area contributed by atoms with E-state index < -0.39 is 0 Å². The second kappa shape index (κ2) is 5.54. The molecule has 0 aliphatic heterocycles. The highest BCUT2D eigenvalue weighted by Crippen LogP contribution is 2.33. The summed E-state index contributed by atoms with van der Waals surface area (Å²) in [5.74, 6) is 1.28. The van der Waals surface area contributed by atoms with Crippen molar-refractivity contribution in [3.8, 4) is 0 Å². The smallest absolute Gasteiger partial charge is 0.251 e. The molecule has 3 heteroatoms. The predicted octanol–water partition coefficient (Wildman–Crippen LogP) is 3.34. The summed E-state index contributed by atoms with van der Waals surface area (Å²) in [7, 11) is 0. The van der Waals surface area contributed by atoms with Crippen LogP contribution in [-0.2, 0) is 5.88 Å². The van der Waals surface area contributed by atoms with Gasteiger partial charge in [-0.25, -0.2) is 0 Å². The maximum Gasteiger partial charge on any atom is 0.251 e. The molecule has 2 rings (SSSR count). The fourth-order valence-electron chi connectivity index (χ4n) is 2.02. The Morgan fingerprint density at radius 3 is 2.94 bits per heavy atom. The molecule has 0 heterocycles. The molecule has 1 aromatic carbocycles. The molecule has 17 heavy (non-hydrogen) atoms. The molecule has 0 bridgehead atoms. The van der Waals surface area contributed by atoms with Crippen molar-refractivity contribution in [2.75, 3.05) is 0 Å². The van der Waals surface area contributed by atoms with Crippen LogP contribution in [-0.4, -0.2) is 11.9 Å². The molecule has 1 aromatic rings. The van der Waals surface area contributed by atoms with E-state index in [2.05, 4.69) is 12.2 Å². The lowest BCUT2D eigenvalue weighted by molar-refractivity contribution is 0.0937. The van der Waals surface area contributed by atoms with Crippen molar-refractivity contribution in [1.29, 1.82) is 0 Å². The SMILES string of the molecule is CC(CC1CC1)NC(=O)c1cccc(CCl)c1. The van der Waals surface area contributed by atoms with Gasteiger partial charge in [-0.15, -0.1) is 11.6 Å². The van der Waals surface area contributed by atoms with Crippen LogP contribution in [0.25, 0.3) is 0 Å². The average molecular weight is 252 g/mol. The number of hydrogen-bond donors (Lipinski definition) is 1. The van der Waals surface area contributed by atoms with E-state index in [1.165, 1.54) is 12.8 Å². The van der Waals surface area contributed by atoms with Crippen molar-refractivity contribution >= 4 is 17.5 Å². The first kappa shape index (κ1) is 12.4. The Kier molecular flexibility index (Phi) is 4.06. The third kappa shape index (κ3) is 3.74. The Balaban J connectivity index is 1.92. The Morgan fingerprint density at radius 2 is 2.29 bits per heavy atom. The summed E-state index contributed by atoms with van der Waals surface area (Å²) >= 11 is 5.75. The van der Waals surface area contributed by atoms with Gasteiger partial charge in [-0.1, -0.05) is 25.0 Å². The molecule has 1 N–H and O–H groups in total. The molecule has 92 valence electrons. The topological polar surface area (TPSA) is 29.1 Å². The second-order valence-electron chi connectivity index (χ2n) is 4.89. The fraction of sp³-hybridized carbons (Fsp3) is 0.500. The van der Waals surface area contributed by atoms with E-state index in [0.717, 1.165) is 17.9 Å². The molecule has 0 saturated heterocycles. The van der Waals surface area contributed by atoms with Crippen LogP contribution >= 0.6 is 11.6 Å². The normalized spacial score (nSPS) is 16.6. The molecule has 0 aromatic heterocycles. The molecule has 1 aliphatic carbocycles. The predicted molar refractivity (Wildman–Crippen MR) is 70.3 cm³/mol. The molecule has 0 radical (unpaired) electrons. The van der Waals surface area contributed by atoms with Crippen LogP contribution in [0.5, 0.6) is 0 Å². The highest BCUT2D eigenvalue weighted by atomic mass is 35.5. The number of hydrogen-bond acceptors (Lipinski definition) is 1. The number of halogens is 1. The minimum absolute atomic E-state index is 0.00474. The monoisotopic (exact) mass is 251 g/mol. The lowest BCUT2D eigenvalue weighted by Gasteiger charge is -2.13. The molecular weight excluding hydrogens is 234 g/mol. The second-order valence-corrected chi connectivity index (χ2v) is 5.15. The summed E-state index contributed by atoms with van der Waals surface area (Å²) in [6.07, 6.45) is 3.74. The molecule has 1 amide bonds. The van der Waals surface area contributed by atoms with E-state index in [-0.39, 0.29) is 11.9 Å². The van der Waals surface area contributed by atoms with Gasteiger partial charge >= 0.3 is 0 Å². The van der Waals surface area contributed by atoms with Gasteiger partial charge in [0, 0.05) is 17.5 Å². The van der Waals surface area contributed by atoms with Crippen LogP contribution in [0.4, 0.5) is 0 Å². The maximum atomic E-state index is 12.0. The maximum absolute atomic E-state index is 12.0. The minimum Gasteiger partial charge on any atom is -0.350 e. The van der Waals surface area contributed by atoms with Crippen molar-refractivity contribution in [1.82, 2.24) is 5.32 Å². The van der Waals surface area contributed by atoms with Gasteiger partial charge in [0.1, 0.15) is 0 Å². The van der Waals surface area contributed by atoms with E-state index >= 15 is 0 Å². The largest absolute Gasteiger partial charge is 0.350 e. The van der Waals surface area contributed by atoms with E-state index in [4.69, 9.17) is 11.6 Å². The zero-order valence-corrected chi connectivity index (χ0v) is 10.8. The number of nitrogens with one attached hydrogen (secondary N) is 1. The number of carbonyl (C=O) groups excluding carboxylic acids is 1. The molecule has 2 nitrogen and oxygen atoms in total. The quantitative estimate of drug-likeness (QED) is 0.799. The number of amides is 1. The Labute approximate surface area is 107 Å². The van der Waals surface area contributed by atoms with E-state index in [0.29, 0.717) is 11.4 Å². The van der Waals surface area contributed by atoms with E-state index in [1.54, 1.807) is 0 Å². The molecule has 0 spiro atoms. The summed E-state index contributed by atoms with van der Waals surface area (Å²) < 4.78 is 0. The standard InChI is InChI=1S/C14H18ClNO/c1-10(7-11-5-6-11)16-14(17)13-4-2-3-12(8-13)9-15/h2-4,8,10-11H,5-7,9H2,1H3,(H,16,17). The Hall–Kier alpha value is -1.02.